The van der Waals surface area contributed by atoms with Gasteiger partial charge in [0.15, 0.2) is 0 Å². The fraction of sp³-hybridized carbons (Fsp3) is 0.350. The molecule has 1 atom stereocenters. The van der Waals surface area contributed by atoms with E-state index in [1.807, 2.05) is 0 Å². The standard InChI is InChI=1S/C20H22ClN3O6S/c1-2-30-20(27)13-6-5-9-24(12-13)18-15(19(25)26)10-14(11-22-18)23-31(28,29)17-8-4-3-7-16(17)21/h3-4,7-8,10-11,13,23H,2,5-6,9,12H2,1H3,(H,25,26)/t13-/m1/s1. The molecule has 0 amide bonds. The van der Waals surface area contributed by atoms with Gasteiger partial charge in [-0.15, -0.1) is 0 Å². The molecule has 2 aromatic rings. The van der Waals surface area contributed by atoms with Gasteiger partial charge in [-0.25, -0.2) is 18.2 Å². The topological polar surface area (TPSA) is 126 Å². The van der Waals surface area contributed by atoms with Gasteiger partial charge in [-0.1, -0.05) is 23.7 Å². The number of hydrogen-bond acceptors (Lipinski definition) is 7. The second-order valence-electron chi connectivity index (χ2n) is 6.97. The SMILES string of the molecule is CCOC(=O)[C@@H]1CCCN(c2ncc(NS(=O)(=O)c3ccccc3Cl)cc2C(=O)O)C1. The van der Waals surface area contributed by atoms with Crippen molar-refractivity contribution in [3.05, 3.63) is 47.1 Å². The third kappa shape index (κ3) is 5.26. The maximum absolute atomic E-state index is 12.6. The Hall–Kier alpha value is -2.85. The van der Waals surface area contributed by atoms with Crippen LogP contribution in [0.2, 0.25) is 5.02 Å². The molecular formula is C20H22ClN3O6S. The number of nitrogens with zero attached hydrogens (tertiary/aromatic N) is 2. The number of pyridine rings is 1. The summed E-state index contributed by atoms with van der Waals surface area (Å²) in [6, 6.07) is 7.11. The van der Waals surface area contributed by atoms with Crippen LogP contribution in [-0.2, 0) is 19.6 Å². The molecule has 9 nitrogen and oxygen atoms in total. The number of aromatic carboxylic acids is 1. The number of hydrogen-bond donors (Lipinski definition) is 2. The summed E-state index contributed by atoms with van der Waals surface area (Å²) in [6.07, 6.45) is 2.56. The van der Waals surface area contributed by atoms with E-state index in [1.165, 1.54) is 30.5 Å². The van der Waals surface area contributed by atoms with Crippen LogP contribution in [0.1, 0.15) is 30.1 Å². The molecule has 0 bridgehead atoms. The van der Waals surface area contributed by atoms with Gasteiger partial charge >= 0.3 is 11.9 Å². The number of sulfonamides is 1. The molecule has 1 aliphatic rings. The predicted octanol–water partition coefficient (Wildman–Crippen LogP) is 3.01. The molecule has 1 aromatic heterocycles. The van der Waals surface area contributed by atoms with Gasteiger partial charge in [0.25, 0.3) is 10.0 Å². The van der Waals surface area contributed by atoms with E-state index in [1.54, 1.807) is 17.9 Å². The first-order valence-electron chi connectivity index (χ1n) is 9.65. The number of rotatable bonds is 7. The summed E-state index contributed by atoms with van der Waals surface area (Å²) < 4.78 is 32.7. The van der Waals surface area contributed by atoms with Crippen molar-refractivity contribution in [1.29, 1.82) is 0 Å². The average molecular weight is 468 g/mol. The first kappa shape index (κ1) is 22.8. The molecule has 3 rings (SSSR count). The highest BCUT2D eigenvalue weighted by Crippen LogP contribution is 2.29. The van der Waals surface area contributed by atoms with Crippen LogP contribution in [0.5, 0.6) is 0 Å². The second-order valence-corrected chi connectivity index (χ2v) is 9.03. The van der Waals surface area contributed by atoms with Gasteiger partial charge in [0.05, 0.1) is 29.4 Å². The number of esters is 1. The summed E-state index contributed by atoms with van der Waals surface area (Å²) in [7, 11) is -4.04. The lowest BCUT2D eigenvalue weighted by Crippen LogP contribution is -2.40. The molecule has 1 fully saturated rings. The molecular weight excluding hydrogens is 446 g/mol. The van der Waals surface area contributed by atoms with E-state index in [9.17, 15) is 23.1 Å². The van der Waals surface area contributed by atoms with Crippen LogP contribution in [0, 0.1) is 5.92 Å². The normalized spacial score (nSPS) is 16.6. The molecule has 1 aliphatic heterocycles. The van der Waals surface area contributed by atoms with E-state index in [2.05, 4.69) is 9.71 Å². The molecule has 1 aromatic carbocycles. The zero-order chi connectivity index (χ0) is 22.6. The van der Waals surface area contributed by atoms with E-state index < -0.39 is 16.0 Å². The van der Waals surface area contributed by atoms with E-state index in [0.717, 1.165) is 0 Å². The third-order valence-corrected chi connectivity index (χ3v) is 6.70. The van der Waals surface area contributed by atoms with Crippen molar-refractivity contribution in [1.82, 2.24) is 4.98 Å². The Morgan fingerprint density at radius 2 is 2.10 bits per heavy atom. The van der Waals surface area contributed by atoms with Gasteiger partial charge < -0.3 is 14.7 Å². The van der Waals surface area contributed by atoms with Crippen molar-refractivity contribution in [3.63, 3.8) is 0 Å². The Bertz CT molecular complexity index is 1090. The Labute approximate surface area is 185 Å². The van der Waals surface area contributed by atoms with Crippen molar-refractivity contribution in [2.45, 2.75) is 24.7 Å². The summed E-state index contributed by atoms with van der Waals surface area (Å²) in [6.45, 7) is 2.80. The average Bonchev–Trinajstić information content (AvgIpc) is 2.74. The molecule has 0 spiro atoms. The first-order chi connectivity index (χ1) is 14.7. The minimum absolute atomic E-state index is 0.0139. The molecule has 166 valence electrons. The lowest BCUT2D eigenvalue weighted by molar-refractivity contribution is -0.148. The minimum atomic E-state index is -4.04. The number of carbonyl (C=O) groups excluding carboxylic acids is 1. The van der Waals surface area contributed by atoms with E-state index in [-0.39, 0.29) is 52.0 Å². The molecule has 11 heteroatoms. The van der Waals surface area contributed by atoms with Crippen LogP contribution in [0.15, 0.2) is 41.4 Å². The number of carboxylic acid groups (broad SMARTS) is 1. The van der Waals surface area contributed by atoms with Gasteiger partial charge in [-0.05, 0) is 38.0 Å². The molecule has 2 N–H and O–H groups in total. The molecule has 1 saturated heterocycles. The predicted molar refractivity (Wildman–Crippen MR) is 115 cm³/mol. The van der Waals surface area contributed by atoms with Gasteiger partial charge in [-0.2, -0.15) is 0 Å². The summed E-state index contributed by atoms with van der Waals surface area (Å²) in [5, 5.41) is 9.72. The Balaban J connectivity index is 1.87. The molecule has 0 radical (unpaired) electrons. The molecule has 31 heavy (non-hydrogen) atoms. The Morgan fingerprint density at radius 3 is 2.77 bits per heavy atom. The van der Waals surface area contributed by atoms with Crippen molar-refractivity contribution < 1.29 is 27.9 Å². The number of carbonyl (C=O) groups is 2. The Kier molecular flexibility index (Phi) is 7.01. The highest BCUT2D eigenvalue weighted by atomic mass is 35.5. The monoisotopic (exact) mass is 467 g/mol. The van der Waals surface area contributed by atoms with Gasteiger partial charge in [0.1, 0.15) is 16.3 Å². The highest BCUT2D eigenvalue weighted by Gasteiger charge is 2.30. The highest BCUT2D eigenvalue weighted by molar-refractivity contribution is 7.92. The first-order valence-corrected chi connectivity index (χ1v) is 11.5. The summed E-state index contributed by atoms with van der Waals surface area (Å²) in [4.78, 5) is 29.7. The summed E-state index contributed by atoms with van der Waals surface area (Å²) >= 11 is 5.97. The van der Waals surface area contributed by atoms with E-state index in [4.69, 9.17) is 16.3 Å². The molecule has 2 heterocycles. The second kappa shape index (κ2) is 9.52. The molecule has 0 aliphatic carbocycles. The number of nitrogens with one attached hydrogen (secondary N) is 1. The van der Waals surface area contributed by atoms with Crippen LogP contribution < -0.4 is 9.62 Å². The van der Waals surface area contributed by atoms with E-state index in [0.29, 0.717) is 19.4 Å². The number of ether oxygens (including phenoxy) is 1. The van der Waals surface area contributed by atoms with Crippen LogP contribution in [-0.4, -0.2) is 50.1 Å². The largest absolute Gasteiger partial charge is 0.478 e. The Morgan fingerprint density at radius 1 is 1.35 bits per heavy atom. The van der Waals surface area contributed by atoms with Crippen molar-refractivity contribution in [2.75, 3.05) is 29.3 Å². The quantitative estimate of drug-likeness (QED) is 0.595. The fourth-order valence-electron chi connectivity index (χ4n) is 3.42. The molecule has 0 saturated carbocycles. The van der Waals surface area contributed by atoms with Crippen molar-refractivity contribution in [3.8, 4) is 0 Å². The van der Waals surface area contributed by atoms with Crippen LogP contribution in [0.4, 0.5) is 11.5 Å². The lowest BCUT2D eigenvalue weighted by Gasteiger charge is -2.33. The van der Waals surface area contributed by atoms with Crippen LogP contribution >= 0.6 is 11.6 Å². The van der Waals surface area contributed by atoms with E-state index >= 15 is 0 Å². The van der Waals surface area contributed by atoms with Gasteiger partial charge in [0, 0.05) is 13.1 Å². The number of benzene rings is 1. The van der Waals surface area contributed by atoms with Crippen LogP contribution in [0.3, 0.4) is 0 Å². The number of aromatic nitrogens is 1. The van der Waals surface area contributed by atoms with Crippen LogP contribution in [0.25, 0.3) is 0 Å². The lowest BCUT2D eigenvalue weighted by atomic mass is 9.98. The number of carboxylic acids is 1. The number of piperidine rings is 1. The fourth-order valence-corrected chi connectivity index (χ4v) is 4.97. The zero-order valence-electron chi connectivity index (χ0n) is 16.7. The number of halogens is 1. The summed E-state index contributed by atoms with van der Waals surface area (Å²) in [5.41, 5.74) is -0.191. The maximum atomic E-state index is 12.6. The third-order valence-electron chi connectivity index (χ3n) is 4.82. The summed E-state index contributed by atoms with van der Waals surface area (Å²) in [5.74, 6) is -1.80. The van der Waals surface area contributed by atoms with Crippen molar-refractivity contribution in [2.24, 2.45) is 5.92 Å². The maximum Gasteiger partial charge on any atom is 0.339 e. The number of anilines is 2. The smallest absolute Gasteiger partial charge is 0.339 e. The van der Waals surface area contributed by atoms with Crippen molar-refractivity contribution >= 4 is 45.1 Å². The molecule has 0 unspecified atom stereocenters. The minimum Gasteiger partial charge on any atom is -0.478 e. The van der Waals surface area contributed by atoms with Gasteiger partial charge in [-0.3, -0.25) is 9.52 Å². The zero-order valence-corrected chi connectivity index (χ0v) is 18.3. The van der Waals surface area contributed by atoms with Gasteiger partial charge in [0.2, 0.25) is 0 Å².